The Kier molecular flexibility index (Phi) is 6.16. The second kappa shape index (κ2) is 9.19. The van der Waals surface area contributed by atoms with Crippen molar-refractivity contribution in [1.82, 2.24) is 15.0 Å². The first-order valence-corrected chi connectivity index (χ1v) is 10.4. The largest absolute Gasteiger partial charge is 0.457 e. The predicted molar refractivity (Wildman–Crippen MR) is 120 cm³/mol. The number of aromatic nitrogens is 3. The highest BCUT2D eigenvalue weighted by molar-refractivity contribution is 6.00. The van der Waals surface area contributed by atoms with Crippen LogP contribution in [0.5, 0.6) is 0 Å². The lowest BCUT2D eigenvalue weighted by Crippen LogP contribution is -2.27. The molecule has 3 N–H and O–H groups in total. The molecule has 1 aromatic heterocycles. The standard InChI is InChI=1S/C23H23FN6O3/c1-13-4-3-5-18(14(13)2)30-11-15(10-20(30)31)21(32)33-12-19-27-22(25)29-23(28-19)26-17-8-6-16(24)7-9-17/h3-9,15H,10-12H2,1-2H3,(H3,25,26,27,28,29)/t15-/m0/s1. The van der Waals surface area contributed by atoms with Crippen LogP contribution in [0.2, 0.25) is 0 Å². The van der Waals surface area contributed by atoms with Crippen molar-refractivity contribution in [3.05, 3.63) is 65.2 Å². The maximum atomic E-state index is 13.1. The van der Waals surface area contributed by atoms with Crippen LogP contribution in [0.3, 0.4) is 0 Å². The summed E-state index contributed by atoms with van der Waals surface area (Å²) in [5.41, 5.74) is 9.17. The molecule has 0 saturated carbocycles. The molecule has 3 aromatic rings. The molecule has 1 atom stereocenters. The molecule has 0 radical (unpaired) electrons. The molecule has 10 heteroatoms. The van der Waals surface area contributed by atoms with E-state index >= 15 is 0 Å². The van der Waals surface area contributed by atoms with Crippen LogP contribution in [-0.4, -0.2) is 33.4 Å². The fraction of sp³-hybridized carbons (Fsp3) is 0.261. The lowest BCUT2D eigenvalue weighted by molar-refractivity contribution is -0.149. The van der Waals surface area contributed by atoms with Crippen LogP contribution in [0, 0.1) is 25.6 Å². The molecule has 2 heterocycles. The number of rotatable bonds is 6. The molecular weight excluding hydrogens is 427 g/mol. The molecule has 4 rings (SSSR count). The summed E-state index contributed by atoms with van der Waals surface area (Å²) in [6, 6.07) is 11.4. The number of nitrogens with two attached hydrogens (primary N) is 1. The van der Waals surface area contributed by atoms with Gasteiger partial charge in [0.2, 0.25) is 17.8 Å². The van der Waals surface area contributed by atoms with Crippen molar-refractivity contribution in [3.63, 3.8) is 0 Å². The van der Waals surface area contributed by atoms with Crippen molar-refractivity contribution in [1.29, 1.82) is 0 Å². The van der Waals surface area contributed by atoms with Gasteiger partial charge >= 0.3 is 5.97 Å². The number of carbonyl (C=O) groups excluding carboxylic acids is 2. The number of benzene rings is 2. The van der Waals surface area contributed by atoms with Gasteiger partial charge in [-0.25, -0.2) is 4.39 Å². The highest BCUT2D eigenvalue weighted by Crippen LogP contribution is 2.30. The number of halogens is 1. The molecule has 0 spiro atoms. The van der Waals surface area contributed by atoms with E-state index in [1.807, 2.05) is 32.0 Å². The zero-order valence-electron chi connectivity index (χ0n) is 18.2. The van der Waals surface area contributed by atoms with Gasteiger partial charge in [0.1, 0.15) is 5.82 Å². The molecule has 0 bridgehead atoms. The highest BCUT2D eigenvalue weighted by Gasteiger charge is 2.36. The second-order valence-corrected chi connectivity index (χ2v) is 7.80. The number of amides is 1. The van der Waals surface area contributed by atoms with Crippen LogP contribution < -0.4 is 16.0 Å². The van der Waals surface area contributed by atoms with Gasteiger partial charge in [-0.2, -0.15) is 15.0 Å². The van der Waals surface area contributed by atoms with Crippen molar-refractivity contribution in [2.24, 2.45) is 5.92 Å². The first-order valence-electron chi connectivity index (χ1n) is 10.4. The monoisotopic (exact) mass is 450 g/mol. The third kappa shape index (κ3) is 5.05. The highest BCUT2D eigenvalue weighted by atomic mass is 19.1. The molecule has 33 heavy (non-hydrogen) atoms. The van der Waals surface area contributed by atoms with E-state index in [9.17, 15) is 14.0 Å². The Morgan fingerprint density at radius 2 is 1.94 bits per heavy atom. The summed E-state index contributed by atoms with van der Waals surface area (Å²) in [7, 11) is 0. The Morgan fingerprint density at radius 3 is 2.70 bits per heavy atom. The van der Waals surface area contributed by atoms with E-state index in [1.54, 1.807) is 4.90 Å². The third-order valence-corrected chi connectivity index (χ3v) is 5.47. The summed E-state index contributed by atoms with van der Waals surface area (Å²) >= 11 is 0. The Morgan fingerprint density at radius 1 is 1.18 bits per heavy atom. The van der Waals surface area contributed by atoms with Crippen molar-refractivity contribution < 1.29 is 18.7 Å². The van der Waals surface area contributed by atoms with Crippen LogP contribution >= 0.6 is 0 Å². The second-order valence-electron chi connectivity index (χ2n) is 7.80. The van der Waals surface area contributed by atoms with Crippen molar-refractivity contribution >= 4 is 35.1 Å². The molecule has 2 aromatic carbocycles. The summed E-state index contributed by atoms with van der Waals surface area (Å²) in [6.07, 6.45) is 0.0724. The van der Waals surface area contributed by atoms with Gasteiger partial charge in [0.05, 0.1) is 5.92 Å². The molecule has 1 amide bonds. The number of esters is 1. The summed E-state index contributed by atoms with van der Waals surface area (Å²) in [6.45, 7) is 3.95. The fourth-order valence-electron chi connectivity index (χ4n) is 3.60. The smallest absolute Gasteiger partial charge is 0.311 e. The van der Waals surface area contributed by atoms with E-state index in [1.165, 1.54) is 24.3 Å². The third-order valence-electron chi connectivity index (χ3n) is 5.47. The molecule has 1 aliphatic rings. The van der Waals surface area contributed by atoms with Gasteiger partial charge in [-0.05, 0) is 55.3 Å². The first-order chi connectivity index (χ1) is 15.8. The van der Waals surface area contributed by atoms with Crippen LogP contribution in [0.1, 0.15) is 23.4 Å². The lowest BCUT2D eigenvalue weighted by atomic mass is 10.1. The number of nitrogens with zero attached hydrogens (tertiary/aromatic N) is 4. The summed E-state index contributed by atoms with van der Waals surface area (Å²) in [4.78, 5) is 39.0. The average Bonchev–Trinajstić information content (AvgIpc) is 3.17. The maximum Gasteiger partial charge on any atom is 0.311 e. The number of anilines is 4. The van der Waals surface area contributed by atoms with Crippen LogP contribution in [-0.2, 0) is 20.9 Å². The predicted octanol–water partition coefficient (Wildman–Crippen LogP) is 3.05. The SMILES string of the molecule is Cc1cccc(N2C[C@@H](C(=O)OCc3nc(N)nc(Nc4ccc(F)cc4)n3)CC2=O)c1C. The number of aryl methyl sites for hydroxylation is 1. The Bertz CT molecular complexity index is 1200. The molecular formula is C23H23FN6O3. The minimum absolute atomic E-state index is 0.0576. The molecule has 0 unspecified atom stereocenters. The van der Waals surface area contributed by atoms with E-state index in [2.05, 4.69) is 20.3 Å². The van der Waals surface area contributed by atoms with E-state index in [-0.39, 0.29) is 49.0 Å². The minimum atomic E-state index is -0.589. The van der Waals surface area contributed by atoms with Crippen LogP contribution in [0.25, 0.3) is 0 Å². The summed E-state index contributed by atoms with van der Waals surface area (Å²) in [5.74, 6) is -1.37. The van der Waals surface area contributed by atoms with Gasteiger partial charge in [-0.3, -0.25) is 9.59 Å². The molecule has 1 saturated heterocycles. The zero-order chi connectivity index (χ0) is 23.5. The number of nitrogen functional groups attached to an aromatic ring is 1. The van der Waals surface area contributed by atoms with Gasteiger partial charge in [0.15, 0.2) is 12.4 Å². The van der Waals surface area contributed by atoms with Gasteiger partial charge in [0, 0.05) is 24.3 Å². The number of carbonyl (C=O) groups is 2. The average molecular weight is 450 g/mol. The topological polar surface area (TPSA) is 123 Å². The normalized spacial score (nSPS) is 15.5. The molecule has 0 aliphatic carbocycles. The molecule has 1 aliphatic heterocycles. The lowest BCUT2D eigenvalue weighted by Gasteiger charge is -2.20. The van der Waals surface area contributed by atoms with E-state index in [0.29, 0.717) is 5.69 Å². The Labute approximate surface area is 189 Å². The first kappa shape index (κ1) is 22.1. The maximum absolute atomic E-state index is 13.1. The fourth-order valence-corrected chi connectivity index (χ4v) is 3.60. The number of ether oxygens (including phenoxy) is 1. The van der Waals surface area contributed by atoms with E-state index in [0.717, 1.165) is 16.8 Å². The van der Waals surface area contributed by atoms with E-state index < -0.39 is 11.9 Å². The van der Waals surface area contributed by atoms with Gasteiger partial charge in [0.25, 0.3) is 0 Å². The van der Waals surface area contributed by atoms with Crippen molar-refractivity contribution in [3.8, 4) is 0 Å². The quantitative estimate of drug-likeness (QED) is 0.549. The van der Waals surface area contributed by atoms with Crippen LogP contribution in [0.15, 0.2) is 42.5 Å². The number of hydrogen-bond acceptors (Lipinski definition) is 8. The van der Waals surface area contributed by atoms with Gasteiger partial charge in [-0.15, -0.1) is 0 Å². The Balaban J connectivity index is 1.39. The van der Waals surface area contributed by atoms with Crippen molar-refractivity contribution in [2.45, 2.75) is 26.9 Å². The zero-order valence-corrected chi connectivity index (χ0v) is 18.2. The van der Waals surface area contributed by atoms with Gasteiger partial charge in [-0.1, -0.05) is 12.1 Å². The van der Waals surface area contributed by atoms with Gasteiger partial charge < -0.3 is 20.7 Å². The molecule has 9 nitrogen and oxygen atoms in total. The summed E-state index contributed by atoms with van der Waals surface area (Å²) < 4.78 is 18.4. The van der Waals surface area contributed by atoms with Crippen molar-refractivity contribution in [2.75, 3.05) is 22.5 Å². The summed E-state index contributed by atoms with van der Waals surface area (Å²) in [5, 5.41) is 2.89. The molecule has 1 fully saturated rings. The number of nitrogens with one attached hydrogen (secondary N) is 1. The van der Waals surface area contributed by atoms with Crippen LogP contribution in [0.4, 0.5) is 27.7 Å². The van der Waals surface area contributed by atoms with E-state index in [4.69, 9.17) is 10.5 Å². The molecule has 170 valence electrons. The Hall–Kier alpha value is -4.08. The number of hydrogen-bond donors (Lipinski definition) is 2. The minimum Gasteiger partial charge on any atom is -0.457 e.